The molecule has 0 bridgehead atoms. The molecule has 3 N–H and O–H groups in total. The Morgan fingerprint density at radius 3 is 2.08 bits per heavy atom. The van der Waals surface area contributed by atoms with Crippen molar-refractivity contribution in [1.29, 1.82) is 0 Å². The average Bonchev–Trinajstić information content (AvgIpc) is 3.14. The van der Waals surface area contributed by atoms with Gasteiger partial charge in [0.25, 0.3) is 11.8 Å². The molecule has 2 atom stereocenters. The number of aliphatic carboxylic acids is 1. The van der Waals surface area contributed by atoms with Crippen molar-refractivity contribution in [1.82, 2.24) is 5.32 Å². The van der Waals surface area contributed by atoms with Crippen molar-refractivity contribution in [2.75, 3.05) is 18.5 Å². The van der Waals surface area contributed by atoms with Gasteiger partial charge in [-0.15, -0.1) is 0 Å². The summed E-state index contributed by atoms with van der Waals surface area (Å²) >= 11 is 0. The van der Waals surface area contributed by atoms with Gasteiger partial charge in [0.2, 0.25) is 5.41 Å². The van der Waals surface area contributed by atoms with Crippen LogP contribution in [0.25, 0.3) is 11.1 Å². The topological polar surface area (TPSA) is 157 Å². The monoisotopic (exact) mass is 734 g/mol. The third-order valence-electron chi connectivity index (χ3n) is 8.19. The largest absolute Gasteiger partial charge is 0.513 e. The third-order valence-corrected chi connectivity index (χ3v) is 8.19. The number of nitrogens with one attached hydrogen (secondary N) is 2. The van der Waals surface area contributed by atoms with E-state index in [1.54, 1.807) is 38.1 Å². The number of alkyl halides is 3. The predicted molar refractivity (Wildman–Crippen MR) is 187 cm³/mol. The summed E-state index contributed by atoms with van der Waals surface area (Å²) in [6.07, 6.45) is -5.60. The van der Waals surface area contributed by atoms with Gasteiger partial charge in [-0.3, -0.25) is 19.2 Å². The quantitative estimate of drug-likeness (QED) is 0.0673. The van der Waals surface area contributed by atoms with Crippen LogP contribution >= 0.6 is 0 Å². The van der Waals surface area contributed by atoms with Gasteiger partial charge in [0.1, 0.15) is 12.4 Å². The average molecular weight is 735 g/mol. The SMILES string of the molecule is CCCNC(=O)c1cc(OC(=O)OCC(C(=O)O)(C(=O)OC(C)CC)c2ccccc2)ccc1NC(=O)c1ccccc1-c1ccc(C(F)(F)F)cc1. The Bertz CT molecular complexity index is 1950. The van der Waals surface area contributed by atoms with Crippen molar-refractivity contribution >= 4 is 35.6 Å². The first-order valence-electron chi connectivity index (χ1n) is 16.6. The molecule has 0 spiro atoms. The number of carboxylic acids is 1. The summed E-state index contributed by atoms with van der Waals surface area (Å²) in [6.45, 7) is 4.42. The Morgan fingerprint density at radius 2 is 1.45 bits per heavy atom. The molecule has 0 aliphatic heterocycles. The van der Waals surface area contributed by atoms with Crippen LogP contribution in [0, 0.1) is 0 Å². The molecule has 0 saturated carbocycles. The Morgan fingerprint density at radius 1 is 0.792 bits per heavy atom. The maximum atomic E-state index is 13.6. The van der Waals surface area contributed by atoms with E-state index >= 15 is 0 Å². The summed E-state index contributed by atoms with van der Waals surface area (Å²) in [5.41, 5.74) is -2.61. The lowest BCUT2D eigenvalue weighted by Crippen LogP contribution is -2.50. The number of rotatable bonds is 14. The first kappa shape index (κ1) is 39.6. The van der Waals surface area contributed by atoms with Crippen LogP contribution < -0.4 is 15.4 Å². The van der Waals surface area contributed by atoms with Crippen molar-refractivity contribution in [3.8, 4) is 16.9 Å². The van der Waals surface area contributed by atoms with E-state index in [-0.39, 0.29) is 34.7 Å². The van der Waals surface area contributed by atoms with Gasteiger partial charge in [-0.1, -0.05) is 74.5 Å². The molecule has 0 aromatic heterocycles. The minimum atomic E-state index is -4.54. The zero-order valence-electron chi connectivity index (χ0n) is 29.0. The van der Waals surface area contributed by atoms with Crippen LogP contribution in [0.3, 0.4) is 0 Å². The van der Waals surface area contributed by atoms with Gasteiger partial charge in [-0.05, 0) is 72.9 Å². The zero-order valence-corrected chi connectivity index (χ0v) is 29.0. The number of hydrogen-bond acceptors (Lipinski definition) is 8. The number of hydrogen-bond donors (Lipinski definition) is 3. The number of esters is 1. The minimum Gasteiger partial charge on any atom is -0.480 e. The van der Waals surface area contributed by atoms with Crippen molar-refractivity contribution in [3.05, 3.63) is 119 Å². The number of benzene rings is 4. The van der Waals surface area contributed by atoms with Gasteiger partial charge in [0.05, 0.1) is 22.9 Å². The molecule has 14 heteroatoms. The second-order valence-electron chi connectivity index (χ2n) is 11.9. The number of anilines is 1. The molecular formula is C39H37F3N2O9. The van der Waals surface area contributed by atoms with E-state index < -0.39 is 59.8 Å². The Hall–Kier alpha value is -6.18. The van der Waals surface area contributed by atoms with Crippen LogP contribution in [0.2, 0.25) is 0 Å². The summed E-state index contributed by atoms with van der Waals surface area (Å²) in [6, 6.07) is 21.6. The van der Waals surface area contributed by atoms with Crippen LogP contribution in [0.15, 0.2) is 97.1 Å². The standard InChI is InChI=1S/C39H37F3N2O9/c1-4-21-43-33(45)31-22-28(53-37(50)51-23-38(35(47)48,26-11-7-6-8-12-26)36(49)52-24(3)5-2)19-20-32(31)44-34(46)30-14-10-9-13-29(30)25-15-17-27(18-16-25)39(40,41)42/h6-20,22,24H,4-5,21,23H2,1-3H3,(H,43,45)(H,44,46)(H,47,48). The van der Waals surface area contributed by atoms with Gasteiger partial charge in [0, 0.05) is 12.1 Å². The molecule has 11 nitrogen and oxygen atoms in total. The molecule has 0 fully saturated rings. The van der Waals surface area contributed by atoms with Gasteiger partial charge >= 0.3 is 24.3 Å². The molecule has 0 aliphatic rings. The van der Waals surface area contributed by atoms with Crippen LogP contribution in [0.4, 0.5) is 23.7 Å². The fraction of sp³-hybridized carbons (Fsp3) is 0.256. The van der Waals surface area contributed by atoms with Crippen molar-refractivity contribution < 1.29 is 56.5 Å². The van der Waals surface area contributed by atoms with E-state index in [0.717, 1.165) is 18.2 Å². The number of carboxylic acid groups (broad SMARTS) is 1. The van der Waals surface area contributed by atoms with E-state index in [9.17, 15) is 42.3 Å². The summed E-state index contributed by atoms with van der Waals surface area (Å²) in [5, 5.41) is 15.6. The number of halogens is 3. The molecule has 0 aliphatic carbocycles. The number of ether oxygens (including phenoxy) is 3. The normalized spacial score (nSPS) is 12.8. The summed E-state index contributed by atoms with van der Waals surface area (Å²) in [7, 11) is 0. The lowest BCUT2D eigenvalue weighted by molar-refractivity contribution is -0.167. The highest BCUT2D eigenvalue weighted by Gasteiger charge is 2.51. The number of amides is 2. The van der Waals surface area contributed by atoms with E-state index in [1.807, 2.05) is 6.92 Å². The Labute approximate surface area is 303 Å². The molecule has 278 valence electrons. The highest BCUT2D eigenvalue weighted by Crippen LogP contribution is 2.33. The van der Waals surface area contributed by atoms with E-state index in [0.29, 0.717) is 24.0 Å². The highest BCUT2D eigenvalue weighted by molar-refractivity contribution is 6.12. The Balaban J connectivity index is 1.59. The van der Waals surface area contributed by atoms with Crippen molar-refractivity contribution in [3.63, 3.8) is 0 Å². The molecule has 4 aromatic carbocycles. The molecule has 53 heavy (non-hydrogen) atoms. The van der Waals surface area contributed by atoms with Crippen LogP contribution in [-0.4, -0.2) is 54.3 Å². The molecule has 0 heterocycles. The second-order valence-corrected chi connectivity index (χ2v) is 11.9. The molecule has 2 unspecified atom stereocenters. The molecule has 4 aromatic rings. The zero-order chi connectivity index (χ0) is 38.8. The van der Waals surface area contributed by atoms with Crippen LogP contribution in [-0.2, 0) is 30.7 Å². The maximum absolute atomic E-state index is 13.6. The maximum Gasteiger partial charge on any atom is 0.513 e. The molecule has 2 amide bonds. The number of carbonyl (C=O) groups excluding carboxylic acids is 4. The Kier molecular flexibility index (Phi) is 13.0. The summed E-state index contributed by atoms with van der Waals surface area (Å²) in [5.74, 6) is -4.32. The summed E-state index contributed by atoms with van der Waals surface area (Å²) < 4.78 is 55.2. The minimum absolute atomic E-state index is 0.00322. The van der Waals surface area contributed by atoms with Gasteiger partial charge in [-0.25, -0.2) is 4.79 Å². The predicted octanol–water partition coefficient (Wildman–Crippen LogP) is 7.64. The molecule has 4 rings (SSSR count). The van der Waals surface area contributed by atoms with Crippen LogP contribution in [0.5, 0.6) is 5.75 Å². The lowest BCUT2D eigenvalue weighted by Gasteiger charge is -2.28. The van der Waals surface area contributed by atoms with Crippen molar-refractivity contribution in [2.24, 2.45) is 0 Å². The fourth-order valence-electron chi connectivity index (χ4n) is 5.09. The first-order chi connectivity index (χ1) is 25.2. The van der Waals surface area contributed by atoms with Gasteiger partial charge in [-0.2, -0.15) is 13.2 Å². The van der Waals surface area contributed by atoms with Gasteiger partial charge in [0.15, 0.2) is 0 Å². The third kappa shape index (κ3) is 9.58. The molecule has 0 saturated heterocycles. The van der Waals surface area contributed by atoms with Gasteiger partial charge < -0.3 is 30.0 Å². The van der Waals surface area contributed by atoms with E-state index in [1.165, 1.54) is 54.6 Å². The van der Waals surface area contributed by atoms with Crippen molar-refractivity contribution in [2.45, 2.75) is 51.3 Å². The smallest absolute Gasteiger partial charge is 0.480 e. The van der Waals surface area contributed by atoms with E-state index in [2.05, 4.69) is 10.6 Å². The first-order valence-corrected chi connectivity index (χ1v) is 16.6. The molecular weight excluding hydrogens is 697 g/mol. The van der Waals surface area contributed by atoms with Crippen LogP contribution in [0.1, 0.15) is 65.5 Å². The second kappa shape index (κ2) is 17.4. The number of carbonyl (C=O) groups is 5. The van der Waals surface area contributed by atoms with E-state index in [4.69, 9.17) is 14.2 Å². The summed E-state index contributed by atoms with van der Waals surface area (Å²) in [4.78, 5) is 65.6. The highest BCUT2D eigenvalue weighted by atomic mass is 19.4. The fourth-order valence-corrected chi connectivity index (χ4v) is 5.09. The lowest BCUT2D eigenvalue weighted by atomic mass is 9.81. The molecule has 0 radical (unpaired) electrons.